The summed E-state index contributed by atoms with van der Waals surface area (Å²) in [5.74, 6) is 0.510. The molecule has 0 spiro atoms. The Labute approximate surface area is 102 Å². The standard InChI is InChI=1S/C11H11ClN2O3/c12-11(9-13-14-10(15)17-9)4-3-8-7(6-11)2-1-5-16-8/h3-4H,1-2,5-6H2,(H,14,15). The molecule has 2 aliphatic rings. The topological polar surface area (TPSA) is 68.1 Å². The first-order chi connectivity index (χ1) is 8.17. The predicted octanol–water partition coefficient (Wildman–Crippen LogP) is 1.82. The van der Waals surface area contributed by atoms with E-state index in [1.807, 2.05) is 6.08 Å². The Balaban J connectivity index is 1.95. The summed E-state index contributed by atoms with van der Waals surface area (Å²) in [5, 5.41) is 6.02. The molecule has 0 saturated heterocycles. The number of nitrogens with zero attached hydrogens (tertiary/aromatic N) is 1. The lowest BCUT2D eigenvalue weighted by Gasteiger charge is -2.29. The number of alkyl halides is 1. The molecular weight excluding hydrogens is 244 g/mol. The van der Waals surface area contributed by atoms with Crippen molar-refractivity contribution in [1.29, 1.82) is 0 Å². The molecule has 1 aliphatic heterocycles. The molecule has 6 heteroatoms. The first kappa shape index (κ1) is 10.7. The highest BCUT2D eigenvalue weighted by Crippen LogP contribution is 2.42. The SMILES string of the molecule is O=c1[nH]nc(C2(Cl)C=CC3=C(CCCO3)C2)o1. The van der Waals surface area contributed by atoms with Crippen molar-refractivity contribution in [1.82, 2.24) is 10.2 Å². The number of halogens is 1. The van der Waals surface area contributed by atoms with Crippen LogP contribution in [-0.4, -0.2) is 16.8 Å². The van der Waals surface area contributed by atoms with Crippen LogP contribution in [-0.2, 0) is 9.61 Å². The zero-order valence-electron chi connectivity index (χ0n) is 9.03. The number of ether oxygens (including phenoxy) is 1. The molecule has 90 valence electrons. The molecule has 0 radical (unpaired) electrons. The van der Waals surface area contributed by atoms with Gasteiger partial charge in [0.05, 0.1) is 6.61 Å². The quantitative estimate of drug-likeness (QED) is 0.777. The lowest BCUT2D eigenvalue weighted by atomic mass is 9.89. The van der Waals surface area contributed by atoms with E-state index in [1.54, 1.807) is 6.08 Å². The molecule has 0 aromatic carbocycles. The highest BCUT2D eigenvalue weighted by atomic mass is 35.5. The van der Waals surface area contributed by atoms with Crippen molar-refractivity contribution >= 4 is 11.6 Å². The minimum absolute atomic E-state index is 0.206. The average molecular weight is 255 g/mol. The van der Waals surface area contributed by atoms with Crippen molar-refractivity contribution in [2.75, 3.05) is 6.61 Å². The Morgan fingerprint density at radius 1 is 1.53 bits per heavy atom. The summed E-state index contributed by atoms with van der Waals surface area (Å²) in [5.41, 5.74) is 1.15. The van der Waals surface area contributed by atoms with Gasteiger partial charge in [0.15, 0.2) is 0 Å². The van der Waals surface area contributed by atoms with Crippen LogP contribution >= 0.6 is 11.6 Å². The minimum atomic E-state index is -0.876. The smallest absolute Gasteiger partial charge is 0.434 e. The van der Waals surface area contributed by atoms with Crippen molar-refractivity contribution in [2.45, 2.75) is 24.1 Å². The number of nitrogens with one attached hydrogen (secondary N) is 1. The minimum Gasteiger partial charge on any atom is -0.494 e. The maximum Gasteiger partial charge on any atom is 0.434 e. The normalized spacial score (nSPS) is 27.8. The molecule has 0 bridgehead atoms. The lowest BCUT2D eigenvalue weighted by Crippen LogP contribution is -2.23. The first-order valence-corrected chi connectivity index (χ1v) is 5.84. The summed E-state index contributed by atoms with van der Waals surface area (Å²) in [4.78, 5) is 10.1. The monoisotopic (exact) mass is 254 g/mol. The van der Waals surface area contributed by atoms with Crippen LogP contribution in [0, 0.1) is 0 Å². The van der Waals surface area contributed by atoms with Gasteiger partial charge in [-0.3, -0.25) is 0 Å². The third-order valence-corrected chi connectivity index (χ3v) is 3.41. The third-order valence-electron chi connectivity index (χ3n) is 2.99. The second-order valence-corrected chi connectivity index (χ2v) is 4.89. The highest BCUT2D eigenvalue weighted by molar-refractivity contribution is 6.25. The number of rotatable bonds is 1. The van der Waals surface area contributed by atoms with Crippen molar-refractivity contribution in [3.05, 3.63) is 39.9 Å². The van der Waals surface area contributed by atoms with Crippen LogP contribution in [0.1, 0.15) is 25.2 Å². The van der Waals surface area contributed by atoms with E-state index < -0.39 is 10.6 Å². The number of hydrogen-bond donors (Lipinski definition) is 1. The fraction of sp³-hybridized carbons (Fsp3) is 0.455. The summed E-state index contributed by atoms with van der Waals surface area (Å²) in [6, 6.07) is 0. The average Bonchev–Trinajstić information content (AvgIpc) is 2.76. The first-order valence-electron chi connectivity index (χ1n) is 5.46. The van der Waals surface area contributed by atoms with Gasteiger partial charge in [0, 0.05) is 6.42 Å². The molecule has 1 aliphatic carbocycles. The molecule has 0 amide bonds. The molecule has 0 saturated carbocycles. The highest BCUT2D eigenvalue weighted by Gasteiger charge is 2.37. The van der Waals surface area contributed by atoms with Crippen molar-refractivity contribution < 1.29 is 9.15 Å². The van der Waals surface area contributed by atoms with Crippen molar-refractivity contribution in [3.8, 4) is 0 Å². The van der Waals surface area contributed by atoms with E-state index in [2.05, 4.69) is 10.2 Å². The zero-order valence-corrected chi connectivity index (χ0v) is 9.79. The summed E-state index contributed by atoms with van der Waals surface area (Å²) in [7, 11) is 0. The van der Waals surface area contributed by atoms with E-state index >= 15 is 0 Å². The van der Waals surface area contributed by atoms with Crippen LogP contribution in [0.2, 0.25) is 0 Å². The third kappa shape index (κ3) is 1.80. The van der Waals surface area contributed by atoms with Gasteiger partial charge in [-0.05, 0) is 24.5 Å². The molecule has 1 unspecified atom stereocenters. The van der Waals surface area contributed by atoms with Crippen molar-refractivity contribution in [2.24, 2.45) is 0 Å². The lowest BCUT2D eigenvalue weighted by molar-refractivity contribution is 0.193. The van der Waals surface area contributed by atoms with Crippen LogP contribution in [0.5, 0.6) is 0 Å². The van der Waals surface area contributed by atoms with E-state index in [4.69, 9.17) is 20.8 Å². The second-order valence-electron chi connectivity index (χ2n) is 4.21. The van der Waals surface area contributed by atoms with Crippen LogP contribution in [0.3, 0.4) is 0 Å². The van der Waals surface area contributed by atoms with Gasteiger partial charge in [0.1, 0.15) is 10.6 Å². The van der Waals surface area contributed by atoms with Gasteiger partial charge < -0.3 is 9.15 Å². The van der Waals surface area contributed by atoms with Gasteiger partial charge in [-0.2, -0.15) is 0 Å². The fourth-order valence-corrected chi connectivity index (χ4v) is 2.47. The van der Waals surface area contributed by atoms with Crippen LogP contribution in [0.4, 0.5) is 0 Å². The number of aromatic nitrogens is 2. The molecular formula is C11H11ClN2O3. The maximum atomic E-state index is 11.0. The van der Waals surface area contributed by atoms with Gasteiger partial charge >= 0.3 is 5.76 Å². The van der Waals surface area contributed by atoms with E-state index in [-0.39, 0.29) is 5.89 Å². The second kappa shape index (κ2) is 3.77. The summed E-state index contributed by atoms with van der Waals surface area (Å²) < 4.78 is 10.5. The summed E-state index contributed by atoms with van der Waals surface area (Å²) in [6.45, 7) is 0.746. The van der Waals surface area contributed by atoms with Gasteiger partial charge in [-0.15, -0.1) is 16.7 Å². The number of hydrogen-bond acceptors (Lipinski definition) is 4. The van der Waals surface area contributed by atoms with Gasteiger partial charge in [-0.25, -0.2) is 9.89 Å². The molecule has 1 aromatic heterocycles. The summed E-state index contributed by atoms with van der Waals surface area (Å²) in [6.07, 6.45) is 6.11. The molecule has 0 fully saturated rings. The predicted molar refractivity (Wildman–Crippen MR) is 60.6 cm³/mol. The Morgan fingerprint density at radius 3 is 3.18 bits per heavy atom. The molecule has 1 aromatic rings. The number of allylic oxidation sites excluding steroid dienone is 3. The van der Waals surface area contributed by atoms with Gasteiger partial charge in [0.25, 0.3) is 0 Å². The Bertz CT molecular complexity index is 557. The van der Waals surface area contributed by atoms with E-state index in [0.717, 1.165) is 30.8 Å². The Morgan fingerprint density at radius 2 is 2.41 bits per heavy atom. The van der Waals surface area contributed by atoms with Gasteiger partial charge in [0.2, 0.25) is 5.89 Å². The molecule has 1 N–H and O–H groups in total. The summed E-state index contributed by atoms with van der Waals surface area (Å²) >= 11 is 6.44. The maximum absolute atomic E-state index is 11.0. The molecule has 5 nitrogen and oxygen atoms in total. The zero-order chi connectivity index (χ0) is 11.9. The molecule has 2 heterocycles. The van der Waals surface area contributed by atoms with E-state index in [9.17, 15) is 4.79 Å². The van der Waals surface area contributed by atoms with Crippen LogP contribution < -0.4 is 5.76 Å². The Kier molecular flexibility index (Phi) is 2.36. The van der Waals surface area contributed by atoms with E-state index in [0.29, 0.717) is 6.42 Å². The molecule has 3 rings (SSSR count). The molecule has 1 atom stereocenters. The Hall–Kier alpha value is -1.49. The molecule has 17 heavy (non-hydrogen) atoms. The number of aromatic amines is 1. The number of H-pyrrole nitrogens is 1. The van der Waals surface area contributed by atoms with Crippen molar-refractivity contribution in [3.63, 3.8) is 0 Å². The fourth-order valence-electron chi connectivity index (χ4n) is 2.17. The largest absolute Gasteiger partial charge is 0.494 e. The van der Waals surface area contributed by atoms with Crippen LogP contribution in [0.25, 0.3) is 0 Å². The van der Waals surface area contributed by atoms with Gasteiger partial charge in [-0.1, -0.05) is 6.08 Å². The van der Waals surface area contributed by atoms with E-state index in [1.165, 1.54) is 0 Å². The van der Waals surface area contributed by atoms with Crippen LogP contribution in [0.15, 0.2) is 32.7 Å².